The van der Waals surface area contributed by atoms with Crippen molar-refractivity contribution < 1.29 is 15.7 Å². The highest BCUT2D eigenvalue weighted by Crippen LogP contribution is 2.38. The number of hydrogen-bond acceptors (Lipinski definition) is 7. The smallest absolute Gasteiger partial charge is 0.404 e. The molecule has 12 heteroatoms. The van der Waals surface area contributed by atoms with Gasteiger partial charge in [0.05, 0.1) is 47.5 Å². The first-order chi connectivity index (χ1) is 20.2. The van der Waals surface area contributed by atoms with Crippen molar-refractivity contribution in [2.45, 2.75) is 62.7 Å². The molecule has 0 saturated heterocycles. The number of nitrogens with zero attached hydrogens (tertiary/aromatic N) is 5. The molecule has 2 heterocycles. The number of halogens is 2. The van der Waals surface area contributed by atoms with E-state index < -0.39 is 17.9 Å². The molecule has 2 aliphatic rings. The van der Waals surface area contributed by atoms with E-state index in [0.29, 0.717) is 46.4 Å². The molecule has 10 nitrogen and oxygen atoms in total. The minimum absolute atomic E-state index is 0.252. The van der Waals surface area contributed by atoms with E-state index in [1.54, 1.807) is 23.0 Å². The number of carbonyl (C=O) groups is 1. The molecule has 4 N–H and O–H groups in total. The Balaban J connectivity index is 1.43. The lowest BCUT2D eigenvalue weighted by molar-refractivity contribution is 0.184. The summed E-state index contributed by atoms with van der Waals surface area (Å²) < 4.78 is 25.1. The molecule has 1 unspecified atom stereocenters. The molecule has 0 spiro atoms. The average Bonchev–Trinajstić information content (AvgIpc) is 3.69. The predicted octanol–water partition coefficient (Wildman–Crippen LogP) is 6.02. The van der Waals surface area contributed by atoms with E-state index >= 15 is 0 Å². The van der Waals surface area contributed by atoms with Gasteiger partial charge < -0.3 is 21.1 Å². The highest BCUT2D eigenvalue weighted by molar-refractivity contribution is 6.35. The third-order valence-electron chi connectivity index (χ3n) is 7.54. The van der Waals surface area contributed by atoms with Gasteiger partial charge in [0, 0.05) is 23.3 Å². The van der Waals surface area contributed by atoms with Gasteiger partial charge in [-0.2, -0.15) is 5.26 Å². The zero-order valence-corrected chi connectivity index (χ0v) is 22.7. The molecule has 3 atom stereocenters. The summed E-state index contributed by atoms with van der Waals surface area (Å²) in [6, 6.07) is 9.18. The van der Waals surface area contributed by atoms with Crippen LogP contribution in [0, 0.1) is 17.1 Å². The second kappa shape index (κ2) is 11.2. The lowest BCUT2D eigenvalue weighted by Crippen LogP contribution is -2.48. The van der Waals surface area contributed by atoms with Gasteiger partial charge in [-0.3, -0.25) is 4.98 Å². The lowest BCUT2D eigenvalue weighted by Gasteiger charge is -2.33. The van der Waals surface area contributed by atoms with Gasteiger partial charge in [-0.25, -0.2) is 13.9 Å². The number of aromatic nitrogens is 4. The molecule has 210 valence electrons. The Morgan fingerprint density at radius 1 is 1.20 bits per heavy atom. The van der Waals surface area contributed by atoms with Gasteiger partial charge in [0.25, 0.3) is 0 Å². The summed E-state index contributed by atoms with van der Waals surface area (Å²) in [5, 5.41) is 37.9. The fraction of sp³-hybridized carbons (Fsp3) is 0.345. The van der Waals surface area contributed by atoms with Crippen molar-refractivity contribution in [2.24, 2.45) is 0 Å². The van der Waals surface area contributed by atoms with Crippen LogP contribution in [0.3, 0.4) is 0 Å². The van der Waals surface area contributed by atoms with Crippen LogP contribution < -0.4 is 16.0 Å². The maximum Gasteiger partial charge on any atom is 0.404 e. The molecule has 0 aliphatic heterocycles. The van der Waals surface area contributed by atoms with E-state index in [4.69, 9.17) is 11.6 Å². The predicted molar refractivity (Wildman–Crippen MR) is 152 cm³/mol. The van der Waals surface area contributed by atoms with Crippen LogP contribution >= 0.6 is 11.6 Å². The van der Waals surface area contributed by atoms with Gasteiger partial charge in [-0.05, 0) is 55.5 Å². The standard InChI is InChI=1S/C29H28ClFN8O2/c30-22-12-19(34-27(16-5-7-18(31)8-6-16)25-15-39(38-37-25)20-9-10-20)11-21-26(17(13-32)14-33-28(21)22)35-23-3-1-2-4-24(23)36-29(40)41/h5-8,11-12,14-15,20,23-24,27,34,36H,1-4,9-10H2,(H,33,35)(H,40,41)/t23-,24+,27?/m1/s1/i27D. The number of nitriles is 1. The fourth-order valence-corrected chi connectivity index (χ4v) is 5.61. The number of anilines is 2. The van der Waals surface area contributed by atoms with Gasteiger partial charge in [0.15, 0.2) is 0 Å². The van der Waals surface area contributed by atoms with E-state index in [2.05, 4.69) is 37.3 Å². The molecule has 1 amide bonds. The third-order valence-corrected chi connectivity index (χ3v) is 7.83. The first-order valence-electron chi connectivity index (χ1n) is 14.0. The molecule has 41 heavy (non-hydrogen) atoms. The molecule has 4 aromatic rings. The Kier molecular flexibility index (Phi) is 6.98. The molecule has 2 aliphatic carbocycles. The molecule has 2 aromatic heterocycles. The number of rotatable bonds is 8. The summed E-state index contributed by atoms with van der Waals surface area (Å²) >= 11 is 6.72. The number of hydrogen-bond donors (Lipinski definition) is 4. The monoisotopic (exact) mass is 575 g/mol. The summed E-state index contributed by atoms with van der Waals surface area (Å²) in [6.07, 6.45) is 7.23. The van der Waals surface area contributed by atoms with Crippen molar-refractivity contribution >= 4 is 40.0 Å². The minimum atomic E-state index is -1.66. The number of benzene rings is 2. The summed E-state index contributed by atoms with van der Waals surface area (Å²) in [5.74, 6) is -0.430. The Bertz CT molecular complexity index is 1690. The van der Waals surface area contributed by atoms with Crippen molar-refractivity contribution in [3.8, 4) is 6.07 Å². The van der Waals surface area contributed by atoms with Gasteiger partial charge >= 0.3 is 6.09 Å². The Morgan fingerprint density at radius 3 is 2.66 bits per heavy atom. The van der Waals surface area contributed by atoms with Crippen LogP contribution in [0.5, 0.6) is 0 Å². The number of nitrogens with one attached hydrogen (secondary N) is 3. The first-order valence-corrected chi connectivity index (χ1v) is 13.9. The van der Waals surface area contributed by atoms with Gasteiger partial charge in [0.1, 0.15) is 17.6 Å². The van der Waals surface area contributed by atoms with E-state index in [1.165, 1.54) is 30.5 Å². The summed E-state index contributed by atoms with van der Waals surface area (Å²) in [5.41, 5.74) is 2.41. The van der Waals surface area contributed by atoms with E-state index in [0.717, 1.165) is 25.7 Å². The molecule has 2 aromatic carbocycles. The van der Waals surface area contributed by atoms with Crippen molar-refractivity contribution in [2.75, 3.05) is 10.6 Å². The molecule has 6 rings (SSSR count). The average molecular weight is 576 g/mol. The van der Waals surface area contributed by atoms with Crippen molar-refractivity contribution in [3.63, 3.8) is 0 Å². The molecule has 2 saturated carbocycles. The fourth-order valence-electron chi connectivity index (χ4n) is 5.35. The number of fused-ring (bicyclic) bond motifs is 1. The third kappa shape index (κ3) is 5.74. The topological polar surface area (TPSA) is 141 Å². The first kappa shape index (κ1) is 25.5. The molecular weight excluding hydrogens is 547 g/mol. The maximum absolute atomic E-state index is 13.8. The molecule has 0 bridgehead atoms. The largest absolute Gasteiger partial charge is 0.465 e. The van der Waals surface area contributed by atoms with Gasteiger partial charge in [0.2, 0.25) is 0 Å². The molecule has 0 radical (unpaired) electrons. The molecular formula is C29H28ClFN8O2. The van der Waals surface area contributed by atoms with Gasteiger partial charge in [-0.1, -0.05) is 41.8 Å². The second-order valence-electron chi connectivity index (χ2n) is 10.4. The van der Waals surface area contributed by atoms with Crippen LogP contribution in [0.1, 0.15) is 68.8 Å². The van der Waals surface area contributed by atoms with Crippen LogP contribution in [0.2, 0.25) is 5.02 Å². The van der Waals surface area contributed by atoms with Crippen LogP contribution in [-0.4, -0.2) is 43.3 Å². The van der Waals surface area contributed by atoms with Crippen molar-refractivity contribution in [3.05, 3.63) is 76.5 Å². The van der Waals surface area contributed by atoms with Crippen molar-refractivity contribution in [1.82, 2.24) is 25.3 Å². The minimum Gasteiger partial charge on any atom is -0.465 e. The zero-order chi connectivity index (χ0) is 29.4. The molecule has 2 fully saturated rings. The van der Waals surface area contributed by atoms with Crippen LogP contribution in [0.4, 0.5) is 20.6 Å². The zero-order valence-electron chi connectivity index (χ0n) is 22.9. The SMILES string of the molecule is [2H]C(Nc1cc(Cl)c2ncc(C#N)c(N[C@@H]3CCCC[C@@H]3NC(=O)O)c2c1)(c1ccc(F)cc1)c1cn(C2CC2)nn1. The normalized spacial score (nSPS) is 20.5. The van der Waals surface area contributed by atoms with E-state index in [9.17, 15) is 20.9 Å². The summed E-state index contributed by atoms with van der Waals surface area (Å²) in [4.78, 5) is 15.9. The van der Waals surface area contributed by atoms with E-state index in [1.807, 2.05) is 0 Å². The Morgan fingerprint density at radius 2 is 1.95 bits per heavy atom. The lowest BCUT2D eigenvalue weighted by atomic mass is 9.89. The number of pyridine rings is 1. The van der Waals surface area contributed by atoms with Crippen LogP contribution in [0.25, 0.3) is 10.9 Å². The second-order valence-corrected chi connectivity index (χ2v) is 10.8. The van der Waals surface area contributed by atoms with Crippen LogP contribution in [0.15, 0.2) is 48.8 Å². The Labute approximate surface area is 241 Å². The quantitative estimate of drug-likeness (QED) is 0.200. The summed E-state index contributed by atoms with van der Waals surface area (Å²) in [6.45, 7) is 0. The number of carboxylic acid groups (broad SMARTS) is 1. The Hall–Kier alpha value is -4.43. The number of amides is 1. The van der Waals surface area contributed by atoms with Crippen LogP contribution in [-0.2, 0) is 0 Å². The maximum atomic E-state index is 13.8. The highest BCUT2D eigenvalue weighted by atomic mass is 35.5. The summed E-state index contributed by atoms with van der Waals surface area (Å²) in [7, 11) is 0. The van der Waals surface area contributed by atoms with Crippen molar-refractivity contribution in [1.29, 1.82) is 5.26 Å². The van der Waals surface area contributed by atoms with E-state index in [-0.39, 0.29) is 28.7 Å². The highest BCUT2D eigenvalue weighted by Gasteiger charge is 2.29. The van der Waals surface area contributed by atoms with Gasteiger partial charge in [-0.15, -0.1) is 5.10 Å².